The van der Waals surface area contributed by atoms with Crippen molar-refractivity contribution in [3.8, 4) is 0 Å². The second kappa shape index (κ2) is 9.43. The fourth-order valence-electron chi connectivity index (χ4n) is 4.49. The summed E-state index contributed by atoms with van der Waals surface area (Å²) in [4.78, 5) is 4.12. The molecule has 0 saturated carbocycles. The number of tetrazole rings is 1. The molecule has 0 amide bonds. The van der Waals surface area contributed by atoms with Gasteiger partial charge in [0.25, 0.3) is 0 Å². The molecule has 4 rings (SSSR count). The van der Waals surface area contributed by atoms with Crippen LogP contribution in [0.5, 0.6) is 0 Å². The van der Waals surface area contributed by atoms with Crippen LogP contribution in [0.25, 0.3) is 0 Å². The molecule has 7 nitrogen and oxygen atoms in total. The van der Waals surface area contributed by atoms with Crippen LogP contribution in [0.3, 0.4) is 0 Å². The predicted octanol–water partition coefficient (Wildman–Crippen LogP) is 2.57. The number of hydrogen-bond acceptors (Lipinski definition) is 5. The van der Waals surface area contributed by atoms with Crippen LogP contribution >= 0.6 is 0 Å². The number of piperazine rings is 1. The molecule has 30 heavy (non-hydrogen) atoms. The zero-order valence-electron chi connectivity index (χ0n) is 18.3. The zero-order valence-corrected chi connectivity index (χ0v) is 18.3. The smallest absolute Gasteiger partial charge is 0.209 e. The molecule has 0 bridgehead atoms. The quantitative estimate of drug-likeness (QED) is 0.620. The molecule has 1 N–H and O–H groups in total. The van der Waals surface area contributed by atoms with Gasteiger partial charge in [0.05, 0.1) is 32.4 Å². The Labute approximate surface area is 178 Å². The molecule has 0 spiro atoms. The van der Waals surface area contributed by atoms with E-state index >= 15 is 0 Å². The van der Waals surface area contributed by atoms with Crippen molar-refractivity contribution in [3.63, 3.8) is 0 Å². The van der Waals surface area contributed by atoms with Gasteiger partial charge in [0, 0.05) is 12.1 Å². The minimum absolute atomic E-state index is 0.315. The van der Waals surface area contributed by atoms with Crippen molar-refractivity contribution < 1.29 is 9.32 Å². The van der Waals surface area contributed by atoms with Gasteiger partial charge < -0.3 is 14.2 Å². The van der Waals surface area contributed by atoms with Gasteiger partial charge >= 0.3 is 0 Å². The second-order valence-electron chi connectivity index (χ2n) is 8.40. The number of quaternary nitrogens is 1. The van der Waals surface area contributed by atoms with E-state index in [0.717, 1.165) is 44.2 Å². The number of rotatable bonds is 8. The highest BCUT2D eigenvalue weighted by Crippen LogP contribution is 2.22. The maximum Gasteiger partial charge on any atom is 0.209 e. The van der Waals surface area contributed by atoms with Crippen LogP contribution in [0.4, 0.5) is 5.69 Å². The molecule has 1 atom stereocenters. The number of nitrogens with one attached hydrogen (secondary N) is 1. The number of hydrogen-bond donors (Lipinski definition) is 1. The van der Waals surface area contributed by atoms with E-state index in [-0.39, 0.29) is 0 Å². The molecule has 0 aliphatic carbocycles. The van der Waals surface area contributed by atoms with Crippen molar-refractivity contribution in [1.29, 1.82) is 0 Å². The maximum absolute atomic E-state index is 5.52. The van der Waals surface area contributed by atoms with Gasteiger partial charge in [0.1, 0.15) is 18.3 Å². The first-order valence-corrected chi connectivity index (χ1v) is 11.1. The molecule has 1 fully saturated rings. The highest BCUT2D eigenvalue weighted by atomic mass is 16.3. The van der Waals surface area contributed by atoms with Crippen molar-refractivity contribution in [1.82, 2.24) is 20.2 Å². The lowest BCUT2D eigenvalue weighted by Gasteiger charge is -2.37. The number of nitrogens with zero attached hydrogens (tertiary/aromatic N) is 5. The van der Waals surface area contributed by atoms with Gasteiger partial charge in [-0.3, -0.25) is 0 Å². The largest absolute Gasteiger partial charge is 0.467 e. The summed E-state index contributed by atoms with van der Waals surface area (Å²) in [7, 11) is 0. The molecular formula is C23H33N6O+. The first-order chi connectivity index (χ1) is 14.7. The van der Waals surface area contributed by atoms with Crippen molar-refractivity contribution in [3.05, 3.63) is 59.3 Å². The molecular weight excluding hydrogens is 376 g/mol. The Kier molecular flexibility index (Phi) is 6.47. The molecule has 1 aromatic carbocycles. The summed E-state index contributed by atoms with van der Waals surface area (Å²) in [5.41, 5.74) is 4.05. The van der Waals surface area contributed by atoms with Crippen molar-refractivity contribution in [2.75, 3.05) is 31.1 Å². The van der Waals surface area contributed by atoms with Gasteiger partial charge in [-0.2, -0.15) is 0 Å². The van der Waals surface area contributed by atoms with E-state index in [1.807, 2.05) is 16.8 Å². The van der Waals surface area contributed by atoms with Crippen LogP contribution in [0, 0.1) is 13.8 Å². The molecule has 1 aliphatic rings. The van der Waals surface area contributed by atoms with E-state index in [1.54, 1.807) is 11.2 Å². The average molecular weight is 410 g/mol. The van der Waals surface area contributed by atoms with Gasteiger partial charge in [-0.1, -0.05) is 25.5 Å². The number of benzene rings is 1. The van der Waals surface area contributed by atoms with Gasteiger partial charge in [0.15, 0.2) is 0 Å². The third kappa shape index (κ3) is 4.56. The highest BCUT2D eigenvalue weighted by Gasteiger charge is 2.32. The lowest BCUT2D eigenvalue weighted by Crippen LogP contribution is -3.15. The van der Waals surface area contributed by atoms with E-state index in [2.05, 4.69) is 59.4 Å². The minimum Gasteiger partial charge on any atom is -0.467 e. The molecule has 7 heteroatoms. The Morgan fingerprint density at radius 2 is 2.00 bits per heavy atom. The first-order valence-electron chi connectivity index (χ1n) is 11.1. The summed E-state index contributed by atoms with van der Waals surface area (Å²) in [6, 6.07) is 10.9. The third-order valence-corrected chi connectivity index (χ3v) is 6.21. The fraction of sp³-hybridized carbons (Fsp3) is 0.522. The van der Waals surface area contributed by atoms with E-state index in [9.17, 15) is 0 Å². The lowest BCUT2D eigenvalue weighted by atomic mass is 10.1. The summed E-state index contributed by atoms with van der Waals surface area (Å²) >= 11 is 0. The van der Waals surface area contributed by atoms with Gasteiger partial charge in [-0.05, 0) is 60.0 Å². The molecule has 0 unspecified atom stereocenters. The highest BCUT2D eigenvalue weighted by molar-refractivity contribution is 5.55. The fourth-order valence-corrected chi connectivity index (χ4v) is 4.49. The topological polar surface area (TPSA) is 64.4 Å². The molecule has 160 valence electrons. The monoisotopic (exact) mass is 409 g/mol. The Morgan fingerprint density at radius 3 is 2.73 bits per heavy atom. The standard InChI is InChI=1S/C23H32N6O/c1-4-5-8-21(23-24-25-26-29(23)17-20-7-6-15-30-20)27-11-13-28(14-12-27)22-16-18(2)9-10-19(22)3/h6-7,9-10,15-16,21H,4-5,8,11-14,17H2,1-3H3/p+1/t21-/m0/s1. The lowest BCUT2D eigenvalue weighted by molar-refractivity contribution is -0.933. The molecule has 3 heterocycles. The number of anilines is 1. The maximum atomic E-state index is 5.52. The van der Waals surface area contributed by atoms with Crippen LogP contribution in [0.2, 0.25) is 0 Å². The molecule has 0 radical (unpaired) electrons. The minimum atomic E-state index is 0.315. The van der Waals surface area contributed by atoms with Gasteiger partial charge in [0.2, 0.25) is 5.82 Å². The molecule has 3 aromatic rings. The van der Waals surface area contributed by atoms with Gasteiger partial charge in [-0.15, -0.1) is 5.10 Å². The number of aromatic nitrogens is 4. The van der Waals surface area contributed by atoms with Crippen LogP contribution in [-0.2, 0) is 6.54 Å². The molecule has 2 aromatic heterocycles. The number of aryl methyl sites for hydroxylation is 2. The van der Waals surface area contributed by atoms with Crippen LogP contribution < -0.4 is 9.80 Å². The Morgan fingerprint density at radius 1 is 1.17 bits per heavy atom. The Balaban J connectivity index is 1.49. The van der Waals surface area contributed by atoms with E-state index in [1.165, 1.54) is 29.7 Å². The predicted molar refractivity (Wildman–Crippen MR) is 117 cm³/mol. The SMILES string of the molecule is CCCC[C@@H](c1nnnn1Cc1ccco1)[NH+]1CCN(c2cc(C)ccc2C)CC1. The summed E-state index contributed by atoms with van der Waals surface area (Å²) in [6.07, 6.45) is 5.17. The summed E-state index contributed by atoms with van der Waals surface area (Å²) in [5, 5.41) is 12.7. The van der Waals surface area contributed by atoms with E-state index in [0.29, 0.717) is 12.6 Å². The zero-order chi connectivity index (χ0) is 20.9. The van der Waals surface area contributed by atoms with Crippen molar-refractivity contribution >= 4 is 5.69 Å². The number of unbranched alkanes of at least 4 members (excludes halogenated alkanes) is 1. The van der Waals surface area contributed by atoms with Crippen LogP contribution in [0.15, 0.2) is 41.0 Å². The van der Waals surface area contributed by atoms with Crippen molar-refractivity contribution in [2.45, 2.75) is 52.6 Å². The average Bonchev–Trinajstić information content (AvgIpc) is 3.44. The molecule has 1 saturated heterocycles. The van der Waals surface area contributed by atoms with E-state index < -0.39 is 0 Å². The number of furan rings is 1. The normalized spacial score (nSPS) is 16.2. The third-order valence-electron chi connectivity index (χ3n) is 6.21. The first kappa shape index (κ1) is 20.6. The Hall–Kier alpha value is -2.67. The Bertz CT molecular complexity index is 927. The summed E-state index contributed by atoms with van der Waals surface area (Å²) in [6.45, 7) is 11.5. The van der Waals surface area contributed by atoms with Crippen LogP contribution in [0.1, 0.15) is 54.9 Å². The second-order valence-corrected chi connectivity index (χ2v) is 8.40. The molecule has 1 aliphatic heterocycles. The van der Waals surface area contributed by atoms with Gasteiger partial charge in [-0.25, -0.2) is 4.68 Å². The van der Waals surface area contributed by atoms with Crippen molar-refractivity contribution in [2.24, 2.45) is 0 Å². The van der Waals surface area contributed by atoms with E-state index in [4.69, 9.17) is 4.42 Å². The summed E-state index contributed by atoms with van der Waals surface area (Å²) < 4.78 is 7.44. The summed E-state index contributed by atoms with van der Waals surface area (Å²) in [5.74, 6) is 1.86. The van der Waals surface area contributed by atoms with Crippen LogP contribution in [-0.4, -0.2) is 46.4 Å².